The largest absolute Gasteiger partial charge is 0.370 e. The van der Waals surface area contributed by atoms with Crippen molar-refractivity contribution in [3.63, 3.8) is 0 Å². The van der Waals surface area contributed by atoms with Crippen LogP contribution in [0.25, 0.3) is 10.1 Å². The van der Waals surface area contributed by atoms with Gasteiger partial charge in [-0.05, 0) is 48.9 Å². The van der Waals surface area contributed by atoms with Gasteiger partial charge < -0.3 is 10.6 Å². The molecule has 1 fully saturated rings. The lowest BCUT2D eigenvalue weighted by Gasteiger charge is -2.16. The molecule has 0 amide bonds. The fraction of sp³-hybridized carbons (Fsp3) is 0.400. The van der Waals surface area contributed by atoms with E-state index < -0.39 is 0 Å². The minimum atomic E-state index is 0. The molecule has 0 bridgehead atoms. The number of halogens is 2. The summed E-state index contributed by atoms with van der Waals surface area (Å²) in [7, 11) is 2.02. The van der Waals surface area contributed by atoms with Crippen molar-refractivity contribution in [2.45, 2.75) is 32.4 Å². The number of nitrogens with zero attached hydrogens (tertiary/aromatic N) is 2. The van der Waals surface area contributed by atoms with Crippen LogP contribution in [0.2, 0.25) is 5.02 Å². The number of guanidine groups is 1. The van der Waals surface area contributed by atoms with E-state index in [1.165, 1.54) is 33.4 Å². The third-order valence-electron chi connectivity index (χ3n) is 3.84. The highest BCUT2D eigenvalue weighted by molar-refractivity contribution is 14.0. The molecule has 1 aliphatic carbocycles. The van der Waals surface area contributed by atoms with Gasteiger partial charge in [-0.25, -0.2) is 4.99 Å². The number of thiophene rings is 1. The summed E-state index contributed by atoms with van der Waals surface area (Å²) in [5.74, 6) is 0.641. The molecule has 0 spiro atoms. The molecule has 0 unspecified atom stereocenters. The van der Waals surface area contributed by atoms with E-state index in [1.807, 2.05) is 19.2 Å². The van der Waals surface area contributed by atoms with Gasteiger partial charge in [-0.1, -0.05) is 11.6 Å². The number of aliphatic imine (C=N–C) groups is 1. The summed E-state index contributed by atoms with van der Waals surface area (Å²) in [6, 6.07) is 6.63. The zero-order valence-electron chi connectivity index (χ0n) is 12.1. The monoisotopic (exact) mass is 435 g/mol. The van der Waals surface area contributed by atoms with Gasteiger partial charge in [0, 0.05) is 27.7 Å². The van der Waals surface area contributed by atoms with Crippen LogP contribution in [0.3, 0.4) is 0 Å². The smallest absolute Gasteiger partial charge is 0.191 e. The molecule has 1 saturated carbocycles. The summed E-state index contributed by atoms with van der Waals surface area (Å²) >= 11 is 7.83. The molecule has 1 aliphatic rings. The standard InChI is InChI=1S/C15H18ClN3S.HI/c1-9-12-7-10(16)3-6-13(12)20-14(9)8-18-15(17)19(2)11-4-5-11;/h3,6-7,11H,4-5,8H2,1-2H3,(H2,17,18);1H. The SMILES string of the molecule is Cc1c(CN=C(N)N(C)C2CC2)sc2ccc(Cl)cc12.I. The van der Waals surface area contributed by atoms with E-state index in [4.69, 9.17) is 17.3 Å². The van der Waals surface area contributed by atoms with E-state index in [2.05, 4.69) is 22.9 Å². The highest BCUT2D eigenvalue weighted by atomic mass is 127. The molecule has 2 N–H and O–H groups in total. The molecule has 0 saturated heterocycles. The number of aryl methyl sites for hydroxylation is 1. The number of benzene rings is 1. The lowest BCUT2D eigenvalue weighted by molar-refractivity contribution is 0.487. The second-order valence-electron chi connectivity index (χ2n) is 5.31. The summed E-state index contributed by atoms with van der Waals surface area (Å²) in [6.07, 6.45) is 2.46. The summed E-state index contributed by atoms with van der Waals surface area (Å²) < 4.78 is 1.26. The van der Waals surface area contributed by atoms with Gasteiger partial charge in [-0.2, -0.15) is 0 Å². The number of hydrogen-bond donors (Lipinski definition) is 1. The number of rotatable bonds is 3. The van der Waals surface area contributed by atoms with E-state index in [0.29, 0.717) is 18.5 Å². The van der Waals surface area contributed by atoms with E-state index in [1.54, 1.807) is 11.3 Å². The van der Waals surface area contributed by atoms with E-state index in [9.17, 15) is 0 Å². The normalized spacial score (nSPS) is 15.1. The third kappa shape index (κ3) is 3.63. The van der Waals surface area contributed by atoms with Gasteiger partial charge in [0.2, 0.25) is 0 Å². The second kappa shape index (κ2) is 6.71. The van der Waals surface area contributed by atoms with Crippen molar-refractivity contribution in [2.75, 3.05) is 7.05 Å². The Balaban J connectivity index is 0.00000161. The Kier molecular flexibility index (Phi) is 5.38. The molecule has 2 aromatic rings. The lowest BCUT2D eigenvalue weighted by Crippen LogP contribution is -2.35. The summed E-state index contributed by atoms with van der Waals surface area (Å²) in [5.41, 5.74) is 7.30. The molecule has 1 heterocycles. The predicted molar refractivity (Wildman–Crippen MR) is 103 cm³/mol. The first-order valence-corrected chi connectivity index (χ1v) is 7.96. The lowest BCUT2D eigenvalue weighted by atomic mass is 10.1. The summed E-state index contributed by atoms with van der Waals surface area (Å²) in [4.78, 5) is 7.87. The van der Waals surface area contributed by atoms with Crippen molar-refractivity contribution in [1.29, 1.82) is 0 Å². The maximum Gasteiger partial charge on any atom is 0.191 e. The highest BCUT2D eigenvalue weighted by Gasteiger charge is 2.27. The predicted octanol–water partition coefficient (Wildman–Crippen LogP) is 4.39. The van der Waals surface area contributed by atoms with E-state index >= 15 is 0 Å². The van der Waals surface area contributed by atoms with Gasteiger partial charge in [-0.15, -0.1) is 35.3 Å². The average Bonchev–Trinajstić information content (AvgIpc) is 3.23. The first-order chi connectivity index (χ1) is 9.56. The molecule has 1 aromatic heterocycles. The van der Waals surface area contributed by atoms with Gasteiger partial charge in [0.25, 0.3) is 0 Å². The first-order valence-electron chi connectivity index (χ1n) is 6.76. The molecule has 21 heavy (non-hydrogen) atoms. The zero-order chi connectivity index (χ0) is 14.3. The van der Waals surface area contributed by atoms with Crippen molar-refractivity contribution in [3.8, 4) is 0 Å². The average molecular weight is 436 g/mol. The Hall–Kier alpha value is -0.530. The Bertz CT molecular complexity index is 679. The van der Waals surface area contributed by atoms with Crippen LogP contribution in [0.1, 0.15) is 23.3 Å². The van der Waals surface area contributed by atoms with Crippen molar-refractivity contribution >= 4 is 63.0 Å². The van der Waals surface area contributed by atoms with Gasteiger partial charge in [0.05, 0.1) is 6.54 Å². The van der Waals surface area contributed by atoms with Gasteiger partial charge in [0.1, 0.15) is 0 Å². The molecule has 0 radical (unpaired) electrons. The minimum absolute atomic E-state index is 0. The van der Waals surface area contributed by atoms with Crippen LogP contribution in [-0.2, 0) is 6.54 Å². The van der Waals surface area contributed by atoms with Crippen molar-refractivity contribution in [3.05, 3.63) is 33.7 Å². The molecule has 3 nitrogen and oxygen atoms in total. The quantitative estimate of drug-likeness (QED) is 0.441. The molecule has 0 atom stereocenters. The molecule has 1 aromatic carbocycles. The fourth-order valence-electron chi connectivity index (χ4n) is 2.31. The molecular weight excluding hydrogens is 417 g/mol. The van der Waals surface area contributed by atoms with Crippen molar-refractivity contribution in [1.82, 2.24) is 4.90 Å². The van der Waals surface area contributed by atoms with E-state index in [-0.39, 0.29) is 24.0 Å². The summed E-state index contributed by atoms with van der Waals surface area (Å²) in [5, 5.41) is 2.00. The van der Waals surface area contributed by atoms with Crippen LogP contribution in [0, 0.1) is 6.92 Å². The van der Waals surface area contributed by atoms with Crippen LogP contribution in [-0.4, -0.2) is 23.9 Å². The van der Waals surface area contributed by atoms with Gasteiger partial charge in [-0.3, -0.25) is 0 Å². The molecule has 3 rings (SSSR count). The van der Waals surface area contributed by atoms with Crippen LogP contribution < -0.4 is 5.73 Å². The molecular formula is C15H19ClIN3S. The fourth-order valence-corrected chi connectivity index (χ4v) is 3.60. The maximum atomic E-state index is 6.06. The maximum absolute atomic E-state index is 6.06. The third-order valence-corrected chi connectivity index (χ3v) is 5.33. The van der Waals surface area contributed by atoms with Crippen LogP contribution in [0.4, 0.5) is 0 Å². The minimum Gasteiger partial charge on any atom is -0.370 e. The van der Waals surface area contributed by atoms with Crippen LogP contribution in [0.5, 0.6) is 0 Å². The Morgan fingerprint density at radius 3 is 2.86 bits per heavy atom. The molecule has 114 valence electrons. The van der Waals surface area contributed by atoms with E-state index in [0.717, 1.165) is 5.02 Å². The number of hydrogen-bond acceptors (Lipinski definition) is 2. The van der Waals surface area contributed by atoms with Crippen molar-refractivity contribution < 1.29 is 0 Å². The van der Waals surface area contributed by atoms with Gasteiger partial charge >= 0.3 is 0 Å². The number of nitrogens with two attached hydrogens (primary N) is 1. The molecule has 0 aliphatic heterocycles. The topological polar surface area (TPSA) is 41.6 Å². The summed E-state index contributed by atoms with van der Waals surface area (Å²) in [6.45, 7) is 2.77. The van der Waals surface area contributed by atoms with Crippen molar-refractivity contribution in [2.24, 2.45) is 10.7 Å². The highest BCUT2D eigenvalue weighted by Crippen LogP contribution is 2.33. The van der Waals surface area contributed by atoms with Gasteiger partial charge in [0.15, 0.2) is 5.96 Å². The second-order valence-corrected chi connectivity index (χ2v) is 6.88. The van der Waals surface area contributed by atoms with Crippen LogP contribution in [0.15, 0.2) is 23.2 Å². The molecule has 6 heteroatoms. The Morgan fingerprint density at radius 1 is 1.48 bits per heavy atom. The Morgan fingerprint density at radius 2 is 2.19 bits per heavy atom. The number of fused-ring (bicyclic) bond motifs is 1. The van der Waals surface area contributed by atoms with Crippen LogP contribution >= 0.6 is 46.9 Å². The zero-order valence-corrected chi connectivity index (χ0v) is 16.0. The Labute approximate surface area is 151 Å². The first kappa shape index (κ1) is 16.8.